The molecule has 1 aromatic carbocycles. The Morgan fingerprint density at radius 2 is 1.96 bits per heavy atom. The van der Waals surface area contributed by atoms with Gasteiger partial charge in [-0.05, 0) is 57.5 Å². The smallest absolute Gasteiger partial charge is 0.237 e. The highest BCUT2D eigenvalue weighted by atomic mass is 16.5. The SMILES string of the molecule is COCCCCN1C[C@@H]2CN(C(=O)CN(C)C)[C@@H](c3ccccc3C)[C@@H]2C1. The summed E-state index contributed by atoms with van der Waals surface area (Å²) >= 11 is 0. The normalized spacial score (nSPS) is 25.4. The number of unbranched alkanes of at least 4 members (excludes halogenated alkanes) is 1. The Morgan fingerprint density at radius 1 is 1.19 bits per heavy atom. The Bertz CT molecular complexity index is 634. The van der Waals surface area contributed by atoms with Crippen molar-refractivity contribution in [3.05, 3.63) is 35.4 Å². The average molecular weight is 374 g/mol. The number of carbonyl (C=O) groups is 1. The zero-order chi connectivity index (χ0) is 19.4. The van der Waals surface area contributed by atoms with Crippen molar-refractivity contribution in [2.75, 3.05) is 60.5 Å². The van der Waals surface area contributed by atoms with Crippen LogP contribution >= 0.6 is 0 Å². The van der Waals surface area contributed by atoms with Crippen LogP contribution in [0.3, 0.4) is 0 Å². The Kier molecular flexibility index (Phi) is 6.90. The summed E-state index contributed by atoms with van der Waals surface area (Å²) in [5.41, 5.74) is 2.63. The second-order valence-corrected chi connectivity index (χ2v) is 8.47. The van der Waals surface area contributed by atoms with E-state index in [1.165, 1.54) is 17.5 Å². The molecule has 0 radical (unpaired) electrons. The largest absolute Gasteiger partial charge is 0.385 e. The zero-order valence-electron chi connectivity index (χ0n) is 17.4. The molecular formula is C22H35N3O2. The number of nitrogens with zero attached hydrogens (tertiary/aromatic N) is 3. The van der Waals surface area contributed by atoms with Gasteiger partial charge in [0.05, 0.1) is 12.6 Å². The van der Waals surface area contributed by atoms with Crippen LogP contribution in [0.15, 0.2) is 24.3 Å². The fraction of sp³-hybridized carbons (Fsp3) is 0.682. The molecule has 2 heterocycles. The average Bonchev–Trinajstić information content (AvgIpc) is 3.16. The van der Waals surface area contributed by atoms with E-state index in [0.717, 1.165) is 39.2 Å². The molecular weight excluding hydrogens is 338 g/mol. The van der Waals surface area contributed by atoms with Crippen molar-refractivity contribution in [1.29, 1.82) is 0 Å². The van der Waals surface area contributed by atoms with Crippen LogP contribution in [-0.2, 0) is 9.53 Å². The molecule has 2 saturated heterocycles. The summed E-state index contributed by atoms with van der Waals surface area (Å²) in [6, 6.07) is 8.82. The molecule has 0 spiro atoms. The van der Waals surface area contributed by atoms with Gasteiger partial charge in [0.15, 0.2) is 0 Å². The fourth-order valence-corrected chi connectivity index (χ4v) is 4.84. The van der Waals surface area contributed by atoms with E-state index in [-0.39, 0.29) is 11.9 Å². The lowest BCUT2D eigenvalue weighted by Crippen LogP contribution is -2.40. The molecule has 3 atom stereocenters. The van der Waals surface area contributed by atoms with E-state index in [1.54, 1.807) is 7.11 Å². The van der Waals surface area contributed by atoms with Gasteiger partial charge < -0.3 is 19.4 Å². The molecule has 5 nitrogen and oxygen atoms in total. The minimum Gasteiger partial charge on any atom is -0.385 e. The van der Waals surface area contributed by atoms with Gasteiger partial charge in [-0.1, -0.05) is 24.3 Å². The van der Waals surface area contributed by atoms with Gasteiger partial charge in [-0.3, -0.25) is 4.79 Å². The highest BCUT2D eigenvalue weighted by Crippen LogP contribution is 2.45. The number of methoxy groups -OCH3 is 1. The van der Waals surface area contributed by atoms with Crippen LogP contribution in [0, 0.1) is 18.8 Å². The molecule has 0 aliphatic carbocycles. The van der Waals surface area contributed by atoms with Gasteiger partial charge in [0.1, 0.15) is 0 Å². The van der Waals surface area contributed by atoms with Crippen LogP contribution < -0.4 is 0 Å². The molecule has 1 amide bonds. The minimum atomic E-state index is 0.215. The van der Waals surface area contributed by atoms with E-state index < -0.39 is 0 Å². The van der Waals surface area contributed by atoms with Crippen molar-refractivity contribution in [3.63, 3.8) is 0 Å². The van der Waals surface area contributed by atoms with Gasteiger partial charge in [-0.15, -0.1) is 0 Å². The first-order valence-corrected chi connectivity index (χ1v) is 10.2. The quantitative estimate of drug-likeness (QED) is 0.656. The van der Waals surface area contributed by atoms with Gasteiger partial charge in [0.25, 0.3) is 0 Å². The van der Waals surface area contributed by atoms with E-state index >= 15 is 0 Å². The number of hydrogen-bond donors (Lipinski definition) is 0. The minimum absolute atomic E-state index is 0.215. The van der Waals surface area contributed by atoms with E-state index in [4.69, 9.17) is 4.74 Å². The van der Waals surface area contributed by atoms with Crippen molar-refractivity contribution < 1.29 is 9.53 Å². The lowest BCUT2D eigenvalue weighted by atomic mass is 9.87. The van der Waals surface area contributed by atoms with E-state index in [1.807, 2.05) is 19.0 Å². The highest BCUT2D eigenvalue weighted by Gasteiger charge is 2.49. The Hall–Kier alpha value is -1.43. The van der Waals surface area contributed by atoms with Crippen LogP contribution in [0.1, 0.15) is 30.0 Å². The maximum absolute atomic E-state index is 13.0. The molecule has 27 heavy (non-hydrogen) atoms. The van der Waals surface area contributed by atoms with E-state index in [0.29, 0.717) is 18.4 Å². The number of benzene rings is 1. The van der Waals surface area contributed by atoms with Crippen molar-refractivity contribution in [1.82, 2.24) is 14.7 Å². The highest BCUT2D eigenvalue weighted by molar-refractivity contribution is 5.79. The molecule has 0 unspecified atom stereocenters. The third-order valence-electron chi connectivity index (χ3n) is 6.09. The number of hydrogen-bond acceptors (Lipinski definition) is 4. The predicted octanol–water partition coefficient (Wildman–Crippen LogP) is 2.41. The lowest BCUT2D eigenvalue weighted by Gasteiger charge is -2.31. The third kappa shape index (κ3) is 4.71. The number of aryl methyl sites for hydroxylation is 1. The second kappa shape index (κ2) is 9.18. The van der Waals surface area contributed by atoms with Gasteiger partial charge in [0.2, 0.25) is 5.91 Å². The number of ether oxygens (including phenoxy) is 1. The van der Waals surface area contributed by atoms with Crippen LogP contribution in [-0.4, -0.2) is 81.1 Å². The second-order valence-electron chi connectivity index (χ2n) is 8.47. The van der Waals surface area contributed by atoms with Gasteiger partial charge >= 0.3 is 0 Å². The molecule has 0 bridgehead atoms. The lowest BCUT2D eigenvalue weighted by molar-refractivity contribution is -0.133. The first-order chi connectivity index (χ1) is 13.0. The summed E-state index contributed by atoms with van der Waals surface area (Å²) in [6.45, 7) is 7.76. The number of likely N-dealkylation sites (N-methyl/N-ethyl adjacent to an activating group) is 1. The Labute approximate surface area is 164 Å². The Balaban J connectivity index is 1.74. The maximum atomic E-state index is 13.0. The van der Waals surface area contributed by atoms with Crippen LogP contribution in [0.25, 0.3) is 0 Å². The summed E-state index contributed by atoms with van der Waals surface area (Å²) < 4.78 is 5.17. The molecule has 1 aromatic rings. The third-order valence-corrected chi connectivity index (χ3v) is 6.09. The summed E-state index contributed by atoms with van der Waals surface area (Å²) in [5.74, 6) is 1.39. The van der Waals surface area contributed by atoms with Crippen molar-refractivity contribution in [3.8, 4) is 0 Å². The number of rotatable bonds is 8. The zero-order valence-corrected chi connectivity index (χ0v) is 17.4. The topological polar surface area (TPSA) is 36.0 Å². The van der Waals surface area contributed by atoms with Gasteiger partial charge in [-0.25, -0.2) is 0 Å². The van der Waals surface area contributed by atoms with Crippen LogP contribution in [0.5, 0.6) is 0 Å². The standard InChI is InChI=1S/C22H35N3O2/c1-17-9-5-6-10-19(17)22-20-15-24(11-7-8-12-27-4)13-18(20)14-25(22)21(26)16-23(2)3/h5-6,9-10,18,20,22H,7-8,11-16H2,1-4H3/t18-,20-,22+/m1/s1. The van der Waals surface area contributed by atoms with Gasteiger partial charge in [0, 0.05) is 39.3 Å². The fourth-order valence-electron chi connectivity index (χ4n) is 4.84. The van der Waals surface area contributed by atoms with Gasteiger partial charge in [-0.2, -0.15) is 0 Å². The molecule has 5 heteroatoms. The first-order valence-electron chi connectivity index (χ1n) is 10.2. The van der Waals surface area contributed by atoms with Crippen molar-refractivity contribution in [2.24, 2.45) is 11.8 Å². The predicted molar refractivity (Wildman–Crippen MR) is 109 cm³/mol. The molecule has 2 aliphatic rings. The molecule has 2 fully saturated rings. The molecule has 3 rings (SSSR count). The van der Waals surface area contributed by atoms with Crippen molar-refractivity contribution >= 4 is 5.91 Å². The molecule has 0 aromatic heterocycles. The number of likely N-dealkylation sites (tertiary alicyclic amines) is 2. The molecule has 150 valence electrons. The summed E-state index contributed by atoms with van der Waals surface area (Å²) in [7, 11) is 5.71. The van der Waals surface area contributed by atoms with Crippen LogP contribution in [0.2, 0.25) is 0 Å². The maximum Gasteiger partial charge on any atom is 0.237 e. The molecule has 0 saturated carbocycles. The number of carbonyl (C=O) groups excluding carboxylic acids is 1. The van der Waals surface area contributed by atoms with Crippen molar-refractivity contribution in [2.45, 2.75) is 25.8 Å². The molecule has 0 N–H and O–H groups in total. The number of fused-ring (bicyclic) bond motifs is 1. The monoisotopic (exact) mass is 373 g/mol. The van der Waals surface area contributed by atoms with E-state index in [9.17, 15) is 4.79 Å². The summed E-state index contributed by atoms with van der Waals surface area (Å²) in [6.07, 6.45) is 2.31. The first kappa shape index (κ1) is 20.3. The summed E-state index contributed by atoms with van der Waals surface area (Å²) in [5, 5.41) is 0. The number of amides is 1. The molecule has 2 aliphatic heterocycles. The summed E-state index contributed by atoms with van der Waals surface area (Å²) in [4.78, 5) is 19.7. The Morgan fingerprint density at radius 3 is 2.67 bits per heavy atom. The van der Waals surface area contributed by atoms with E-state index in [2.05, 4.69) is 41.0 Å². The van der Waals surface area contributed by atoms with Crippen LogP contribution in [0.4, 0.5) is 0 Å².